The molecule has 0 aliphatic heterocycles. The van der Waals surface area contributed by atoms with Gasteiger partial charge in [-0.05, 0) is 31.2 Å². The number of nitrogens with zero attached hydrogens (tertiary/aromatic N) is 1. The molecular weight excluding hydrogens is 234 g/mol. The Kier molecular flexibility index (Phi) is 3.15. The molecule has 0 fully saturated rings. The topological polar surface area (TPSA) is 40.5 Å². The van der Waals surface area contributed by atoms with Crippen LogP contribution in [0.1, 0.15) is 15.2 Å². The van der Waals surface area contributed by atoms with Gasteiger partial charge in [0.2, 0.25) is 0 Å². The fourth-order valence-corrected chi connectivity index (χ4v) is 2.35. The largest absolute Gasteiger partial charge is 0.477 e. The third-order valence-corrected chi connectivity index (χ3v) is 3.70. The van der Waals surface area contributed by atoms with Crippen molar-refractivity contribution in [3.05, 3.63) is 46.8 Å². The van der Waals surface area contributed by atoms with Crippen LogP contribution >= 0.6 is 11.3 Å². The molecule has 1 aromatic heterocycles. The van der Waals surface area contributed by atoms with E-state index in [-0.39, 0.29) is 0 Å². The first-order chi connectivity index (χ1) is 8.08. The van der Waals surface area contributed by atoms with Crippen molar-refractivity contribution in [2.45, 2.75) is 6.92 Å². The maximum absolute atomic E-state index is 10.8. The Bertz CT molecular complexity index is 531. The van der Waals surface area contributed by atoms with Gasteiger partial charge in [-0.25, -0.2) is 4.79 Å². The molecule has 3 nitrogen and oxygen atoms in total. The fraction of sp³-hybridized carbons (Fsp3) is 0.154. The Morgan fingerprint density at radius 2 is 1.82 bits per heavy atom. The lowest BCUT2D eigenvalue weighted by molar-refractivity contribution is 0.0702. The summed E-state index contributed by atoms with van der Waals surface area (Å²) in [6.45, 7) is 2.04. The van der Waals surface area contributed by atoms with Gasteiger partial charge in [0.05, 0.1) is 5.00 Å². The second-order valence-electron chi connectivity index (χ2n) is 3.84. The van der Waals surface area contributed by atoms with Crippen LogP contribution in [0.5, 0.6) is 0 Å². The number of benzene rings is 1. The third kappa shape index (κ3) is 2.47. The highest BCUT2D eigenvalue weighted by Gasteiger charge is 2.10. The Morgan fingerprint density at radius 3 is 2.35 bits per heavy atom. The van der Waals surface area contributed by atoms with Crippen molar-refractivity contribution in [1.29, 1.82) is 0 Å². The standard InChI is InChI=1S/C13H13NO2S/c1-9-3-5-10(6-4-9)14(2)12-8-7-11(17-12)13(15)16/h3-8H,1-2H3,(H,15,16). The summed E-state index contributed by atoms with van der Waals surface area (Å²) in [6.07, 6.45) is 0. The van der Waals surface area contributed by atoms with Crippen LogP contribution in [0.25, 0.3) is 0 Å². The first kappa shape index (κ1) is 11.7. The van der Waals surface area contributed by atoms with Gasteiger partial charge in [-0.15, -0.1) is 11.3 Å². The van der Waals surface area contributed by atoms with Crippen molar-refractivity contribution in [2.24, 2.45) is 0 Å². The van der Waals surface area contributed by atoms with Gasteiger partial charge in [0, 0.05) is 12.7 Å². The molecule has 1 aromatic carbocycles. The van der Waals surface area contributed by atoms with E-state index in [0.29, 0.717) is 4.88 Å². The smallest absolute Gasteiger partial charge is 0.345 e. The van der Waals surface area contributed by atoms with Crippen molar-refractivity contribution in [2.75, 3.05) is 11.9 Å². The Labute approximate surface area is 104 Å². The minimum absolute atomic E-state index is 0.360. The average Bonchev–Trinajstić information content (AvgIpc) is 2.78. The van der Waals surface area contributed by atoms with Crippen LogP contribution in [0.3, 0.4) is 0 Å². The zero-order valence-corrected chi connectivity index (χ0v) is 10.5. The molecule has 0 bridgehead atoms. The normalized spacial score (nSPS) is 10.2. The van der Waals surface area contributed by atoms with Gasteiger partial charge in [-0.1, -0.05) is 17.7 Å². The quantitative estimate of drug-likeness (QED) is 0.902. The molecule has 0 radical (unpaired) electrons. The predicted octanol–water partition coefficient (Wildman–Crippen LogP) is 3.52. The first-order valence-electron chi connectivity index (χ1n) is 5.21. The van der Waals surface area contributed by atoms with E-state index >= 15 is 0 Å². The van der Waals surface area contributed by atoms with E-state index in [1.165, 1.54) is 16.9 Å². The summed E-state index contributed by atoms with van der Waals surface area (Å²) >= 11 is 1.27. The van der Waals surface area contributed by atoms with E-state index in [0.717, 1.165) is 10.7 Å². The van der Waals surface area contributed by atoms with Gasteiger partial charge >= 0.3 is 5.97 Å². The summed E-state index contributed by atoms with van der Waals surface area (Å²) < 4.78 is 0. The molecule has 0 amide bonds. The van der Waals surface area contributed by atoms with Crippen LogP contribution in [-0.4, -0.2) is 18.1 Å². The highest BCUT2D eigenvalue weighted by atomic mass is 32.1. The maximum atomic E-state index is 10.8. The van der Waals surface area contributed by atoms with Crippen molar-refractivity contribution in [3.63, 3.8) is 0 Å². The summed E-state index contributed by atoms with van der Waals surface area (Å²) in [5, 5.41) is 9.80. The second kappa shape index (κ2) is 4.59. The number of carboxylic acids is 1. The fourth-order valence-electron chi connectivity index (χ4n) is 1.52. The van der Waals surface area contributed by atoms with Crippen LogP contribution in [0.15, 0.2) is 36.4 Å². The number of aromatic carboxylic acids is 1. The van der Waals surface area contributed by atoms with Crippen molar-refractivity contribution >= 4 is 28.0 Å². The van der Waals surface area contributed by atoms with E-state index in [9.17, 15) is 4.79 Å². The summed E-state index contributed by atoms with van der Waals surface area (Å²) in [6, 6.07) is 11.6. The van der Waals surface area contributed by atoms with Crippen LogP contribution in [-0.2, 0) is 0 Å². The van der Waals surface area contributed by atoms with Crippen LogP contribution < -0.4 is 4.90 Å². The van der Waals surface area contributed by atoms with Crippen molar-refractivity contribution < 1.29 is 9.90 Å². The van der Waals surface area contributed by atoms with Gasteiger partial charge in [0.15, 0.2) is 0 Å². The molecule has 1 heterocycles. The molecule has 88 valence electrons. The monoisotopic (exact) mass is 247 g/mol. The number of hydrogen-bond acceptors (Lipinski definition) is 3. The minimum atomic E-state index is -0.876. The highest BCUT2D eigenvalue weighted by molar-refractivity contribution is 7.17. The van der Waals surface area contributed by atoms with Gasteiger partial charge < -0.3 is 10.0 Å². The molecule has 2 aromatic rings. The summed E-state index contributed by atoms with van der Waals surface area (Å²) in [4.78, 5) is 13.2. The number of rotatable bonds is 3. The number of carbonyl (C=O) groups is 1. The third-order valence-electron chi connectivity index (χ3n) is 2.55. The summed E-state index contributed by atoms with van der Waals surface area (Å²) in [5.41, 5.74) is 2.26. The van der Waals surface area contributed by atoms with Crippen LogP contribution in [0.2, 0.25) is 0 Å². The number of carboxylic acid groups (broad SMARTS) is 1. The SMILES string of the molecule is Cc1ccc(N(C)c2ccc(C(=O)O)s2)cc1. The molecule has 0 atom stereocenters. The molecule has 1 N–H and O–H groups in total. The predicted molar refractivity (Wildman–Crippen MR) is 70.5 cm³/mol. The molecule has 4 heteroatoms. The number of aryl methyl sites for hydroxylation is 1. The van der Waals surface area contributed by atoms with Gasteiger partial charge in [0.25, 0.3) is 0 Å². The molecule has 0 unspecified atom stereocenters. The zero-order valence-electron chi connectivity index (χ0n) is 9.68. The molecule has 0 aliphatic rings. The first-order valence-corrected chi connectivity index (χ1v) is 6.03. The lowest BCUT2D eigenvalue weighted by atomic mass is 10.2. The van der Waals surface area contributed by atoms with Crippen LogP contribution in [0.4, 0.5) is 10.7 Å². The number of hydrogen-bond donors (Lipinski definition) is 1. The van der Waals surface area contributed by atoms with E-state index in [1.807, 2.05) is 49.2 Å². The Balaban J connectivity index is 2.27. The van der Waals surface area contributed by atoms with Crippen LogP contribution in [0, 0.1) is 6.92 Å². The summed E-state index contributed by atoms with van der Waals surface area (Å²) in [5.74, 6) is -0.876. The highest BCUT2D eigenvalue weighted by Crippen LogP contribution is 2.30. The zero-order chi connectivity index (χ0) is 12.4. The van der Waals surface area contributed by atoms with E-state index in [4.69, 9.17) is 5.11 Å². The summed E-state index contributed by atoms with van der Waals surface area (Å²) in [7, 11) is 1.93. The van der Waals surface area contributed by atoms with Crippen molar-refractivity contribution in [1.82, 2.24) is 0 Å². The molecular formula is C13H13NO2S. The molecule has 0 spiro atoms. The Hall–Kier alpha value is -1.81. The lowest BCUT2D eigenvalue weighted by Gasteiger charge is -2.17. The van der Waals surface area contributed by atoms with E-state index < -0.39 is 5.97 Å². The molecule has 2 rings (SSSR count). The van der Waals surface area contributed by atoms with Gasteiger partial charge in [0.1, 0.15) is 4.88 Å². The van der Waals surface area contributed by atoms with Gasteiger partial charge in [-0.3, -0.25) is 0 Å². The Morgan fingerprint density at radius 1 is 1.18 bits per heavy atom. The number of thiophene rings is 1. The van der Waals surface area contributed by atoms with E-state index in [2.05, 4.69) is 0 Å². The lowest BCUT2D eigenvalue weighted by Crippen LogP contribution is -2.07. The minimum Gasteiger partial charge on any atom is -0.477 e. The molecule has 0 aliphatic carbocycles. The molecule has 0 saturated carbocycles. The molecule has 0 saturated heterocycles. The second-order valence-corrected chi connectivity index (χ2v) is 4.90. The number of anilines is 2. The van der Waals surface area contributed by atoms with E-state index in [1.54, 1.807) is 6.07 Å². The van der Waals surface area contributed by atoms with Crippen molar-refractivity contribution in [3.8, 4) is 0 Å². The molecule has 17 heavy (non-hydrogen) atoms. The average molecular weight is 247 g/mol. The van der Waals surface area contributed by atoms with Gasteiger partial charge in [-0.2, -0.15) is 0 Å². The maximum Gasteiger partial charge on any atom is 0.345 e.